The summed E-state index contributed by atoms with van der Waals surface area (Å²) in [5, 5.41) is 10.6. The third-order valence-electron chi connectivity index (χ3n) is 3.85. The van der Waals surface area contributed by atoms with Crippen molar-refractivity contribution >= 4 is 11.3 Å². The maximum Gasteiger partial charge on any atom is 0.131 e. The first-order valence-electron chi connectivity index (χ1n) is 6.56. The molecule has 0 amide bonds. The molecular formula is C12H20N4S. The van der Waals surface area contributed by atoms with Crippen LogP contribution in [0.2, 0.25) is 0 Å². The lowest BCUT2D eigenvalue weighted by molar-refractivity contribution is 0.0455. The van der Waals surface area contributed by atoms with E-state index in [1.54, 1.807) is 11.3 Å². The first kappa shape index (κ1) is 11.6. The van der Waals surface area contributed by atoms with Crippen LogP contribution in [0.15, 0.2) is 0 Å². The third-order valence-corrected chi connectivity index (χ3v) is 4.67. The molecule has 5 heteroatoms. The Morgan fingerprint density at radius 2 is 2.18 bits per heavy atom. The maximum absolute atomic E-state index is 4.23. The molecule has 0 aliphatic carbocycles. The van der Waals surface area contributed by atoms with Crippen LogP contribution >= 0.6 is 11.3 Å². The molecule has 0 unspecified atom stereocenters. The van der Waals surface area contributed by atoms with Crippen molar-refractivity contribution in [2.45, 2.75) is 38.8 Å². The zero-order valence-corrected chi connectivity index (χ0v) is 11.2. The Balaban J connectivity index is 1.58. The highest BCUT2D eigenvalue weighted by atomic mass is 32.1. The van der Waals surface area contributed by atoms with Crippen LogP contribution < -0.4 is 0 Å². The molecule has 1 aromatic rings. The van der Waals surface area contributed by atoms with E-state index in [1.165, 1.54) is 50.4 Å². The normalized spacial score (nSPS) is 27.0. The zero-order chi connectivity index (χ0) is 11.7. The van der Waals surface area contributed by atoms with E-state index >= 15 is 0 Å². The smallest absolute Gasteiger partial charge is 0.131 e. The summed E-state index contributed by atoms with van der Waals surface area (Å²) in [5.74, 6) is 0. The predicted octanol–water partition coefficient (Wildman–Crippen LogP) is 1.52. The topological polar surface area (TPSA) is 32.3 Å². The Hall–Kier alpha value is -0.520. The van der Waals surface area contributed by atoms with Crippen LogP contribution in [0.5, 0.6) is 0 Å². The standard InChI is InChI=1S/C12H20N4S/c1-10-13-14-12(17-10)9-15-6-7-16-5-3-2-4-11(16)8-15/h11H,2-9H2,1H3/t11-/m1/s1. The van der Waals surface area contributed by atoms with Gasteiger partial charge in [-0.2, -0.15) is 0 Å². The predicted molar refractivity (Wildman–Crippen MR) is 69.1 cm³/mol. The summed E-state index contributed by atoms with van der Waals surface area (Å²) in [6.07, 6.45) is 4.19. The minimum absolute atomic E-state index is 0.798. The molecule has 4 nitrogen and oxygen atoms in total. The average Bonchev–Trinajstić information content (AvgIpc) is 2.75. The van der Waals surface area contributed by atoms with Gasteiger partial charge < -0.3 is 0 Å². The molecule has 2 saturated heterocycles. The Morgan fingerprint density at radius 1 is 1.24 bits per heavy atom. The fourth-order valence-corrected chi connectivity index (χ4v) is 3.71. The molecular weight excluding hydrogens is 232 g/mol. The first-order chi connectivity index (χ1) is 8.31. The van der Waals surface area contributed by atoms with Gasteiger partial charge in [0.25, 0.3) is 0 Å². The second kappa shape index (κ2) is 5.00. The van der Waals surface area contributed by atoms with Gasteiger partial charge in [0.05, 0.1) is 6.54 Å². The van der Waals surface area contributed by atoms with Crippen LogP contribution in [0.4, 0.5) is 0 Å². The molecule has 2 aliphatic heterocycles. The molecule has 0 spiro atoms. The summed E-state index contributed by atoms with van der Waals surface area (Å²) in [5.41, 5.74) is 0. The molecule has 0 bridgehead atoms. The molecule has 3 heterocycles. The van der Waals surface area contributed by atoms with Crippen molar-refractivity contribution in [3.05, 3.63) is 10.0 Å². The monoisotopic (exact) mass is 252 g/mol. The largest absolute Gasteiger partial charge is 0.298 e. The van der Waals surface area contributed by atoms with E-state index in [2.05, 4.69) is 20.0 Å². The number of fused-ring (bicyclic) bond motifs is 1. The van der Waals surface area contributed by atoms with Crippen LogP contribution in [0, 0.1) is 6.92 Å². The highest BCUT2D eigenvalue weighted by Crippen LogP contribution is 2.22. The second-order valence-corrected chi connectivity index (χ2v) is 6.40. The van der Waals surface area contributed by atoms with E-state index in [9.17, 15) is 0 Å². The SMILES string of the molecule is Cc1nnc(CN2CCN3CCCC[C@@H]3C2)s1. The minimum atomic E-state index is 0.798. The molecule has 1 atom stereocenters. The maximum atomic E-state index is 4.23. The highest BCUT2D eigenvalue weighted by molar-refractivity contribution is 7.11. The van der Waals surface area contributed by atoms with Crippen LogP contribution in [0.3, 0.4) is 0 Å². The van der Waals surface area contributed by atoms with Crippen molar-refractivity contribution in [3.63, 3.8) is 0 Å². The molecule has 1 aromatic heterocycles. The summed E-state index contributed by atoms with van der Waals surface area (Å²) in [6, 6.07) is 0.798. The average molecular weight is 252 g/mol. The number of aryl methyl sites for hydroxylation is 1. The van der Waals surface area contributed by atoms with Crippen molar-refractivity contribution in [2.24, 2.45) is 0 Å². The molecule has 0 saturated carbocycles. The minimum Gasteiger partial charge on any atom is -0.298 e. The van der Waals surface area contributed by atoms with Gasteiger partial charge in [0.1, 0.15) is 10.0 Å². The van der Waals surface area contributed by atoms with Crippen molar-refractivity contribution in [3.8, 4) is 0 Å². The summed E-state index contributed by atoms with van der Waals surface area (Å²) in [6.45, 7) is 7.99. The van der Waals surface area contributed by atoms with E-state index in [0.29, 0.717) is 0 Å². The molecule has 0 N–H and O–H groups in total. The number of hydrogen-bond acceptors (Lipinski definition) is 5. The van der Waals surface area contributed by atoms with Crippen molar-refractivity contribution < 1.29 is 0 Å². The lowest BCUT2D eigenvalue weighted by Gasteiger charge is -2.43. The number of nitrogens with zero attached hydrogens (tertiary/aromatic N) is 4. The molecule has 3 rings (SSSR count). The van der Waals surface area contributed by atoms with Gasteiger partial charge >= 0.3 is 0 Å². The molecule has 2 aliphatic rings. The molecule has 2 fully saturated rings. The van der Waals surface area contributed by atoms with E-state index in [1.807, 2.05) is 6.92 Å². The first-order valence-corrected chi connectivity index (χ1v) is 7.38. The van der Waals surface area contributed by atoms with E-state index in [4.69, 9.17) is 0 Å². The number of piperazine rings is 1. The second-order valence-electron chi connectivity index (χ2n) is 5.14. The fraction of sp³-hybridized carbons (Fsp3) is 0.833. The van der Waals surface area contributed by atoms with Gasteiger partial charge in [0.2, 0.25) is 0 Å². The lowest BCUT2D eigenvalue weighted by atomic mass is 9.99. The van der Waals surface area contributed by atoms with Gasteiger partial charge in [-0.15, -0.1) is 21.5 Å². The molecule has 17 heavy (non-hydrogen) atoms. The summed E-state index contributed by atoms with van der Waals surface area (Å²) in [7, 11) is 0. The van der Waals surface area contributed by atoms with Crippen molar-refractivity contribution in [2.75, 3.05) is 26.2 Å². The number of hydrogen-bond donors (Lipinski definition) is 0. The van der Waals surface area contributed by atoms with Crippen LogP contribution in [0.1, 0.15) is 29.3 Å². The number of rotatable bonds is 2. The fourth-order valence-electron chi connectivity index (χ4n) is 2.96. The number of aromatic nitrogens is 2. The van der Waals surface area contributed by atoms with Crippen LogP contribution in [-0.4, -0.2) is 52.2 Å². The third kappa shape index (κ3) is 2.67. The van der Waals surface area contributed by atoms with Crippen molar-refractivity contribution in [1.82, 2.24) is 20.0 Å². The van der Waals surface area contributed by atoms with Gasteiger partial charge in [-0.05, 0) is 26.3 Å². The van der Waals surface area contributed by atoms with E-state index in [-0.39, 0.29) is 0 Å². The quantitative estimate of drug-likeness (QED) is 0.799. The summed E-state index contributed by atoms with van der Waals surface area (Å²) >= 11 is 1.73. The molecule has 0 aromatic carbocycles. The molecule has 0 radical (unpaired) electrons. The Labute approximate surface area is 107 Å². The van der Waals surface area contributed by atoms with Gasteiger partial charge in [-0.1, -0.05) is 6.42 Å². The van der Waals surface area contributed by atoms with E-state index in [0.717, 1.165) is 17.6 Å². The van der Waals surface area contributed by atoms with Crippen LogP contribution in [-0.2, 0) is 6.54 Å². The van der Waals surface area contributed by atoms with Gasteiger partial charge in [0, 0.05) is 25.7 Å². The highest BCUT2D eigenvalue weighted by Gasteiger charge is 2.28. The van der Waals surface area contributed by atoms with E-state index < -0.39 is 0 Å². The van der Waals surface area contributed by atoms with Crippen LogP contribution in [0.25, 0.3) is 0 Å². The van der Waals surface area contributed by atoms with Gasteiger partial charge in [-0.25, -0.2) is 0 Å². The summed E-state index contributed by atoms with van der Waals surface area (Å²) < 4.78 is 0. The van der Waals surface area contributed by atoms with Gasteiger partial charge in [0.15, 0.2) is 0 Å². The van der Waals surface area contributed by atoms with Crippen molar-refractivity contribution in [1.29, 1.82) is 0 Å². The Morgan fingerprint density at radius 3 is 3.00 bits per heavy atom. The zero-order valence-electron chi connectivity index (χ0n) is 10.4. The lowest BCUT2D eigenvalue weighted by Crippen LogP contribution is -2.54. The molecule has 94 valence electrons. The Bertz CT molecular complexity index is 378. The Kier molecular flexibility index (Phi) is 3.40. The summed E-state index contributed by atoms with van der Waals surface area (Å²) in [4.78, 5) is 5.22. The number of piperidine rings is 1. The van der Waals surface area contributed by atoms with Gasteiger partial charge in [-0.3, -0.25) is 9.80 Å².